The van der Waals surface area contributed by atoms with Crippen LogP contribution in [0, 0.1) is 30.6 Å². The first-order valence-corrected chi connectivity index (χ1v) is 11.8. The number of carbonyl (C=O) groups excluding carboxylic acids is 3. The number of ether oxygens (including phenoxy) is 1. The van der Waals surface area contributed by atoms with E-state index in [-0.39, 0.29) is 41.4 Å². The van der Waals surface area contributed by atoms with Crippen molar-refractivity contribution in [2.24, 2.45) is 23.7 Å². The van der Waals surface area contributed by atoms with Crippen LogP contribution in [0.15, 0.2) is 84.9 Å². The zero-order valence-electron chi connectivity index (χ0n) is 19.2. The summed E-state index contributed by atoms with van der Waals surface area (Å²) in [6, 6.07) is 21.6. The lowest BCUT2D eigenvalue weighted by atomic mass is 9.85. The van der Waals surface area contributed by atoms with E-state index in [1.54, 1.807) is 48.5 Å². The fraction of sp³-hybridized carbons (Fsp3) is 0.207. The first kappa shape index (κ1) is 21.4. The highest BCUT2D eigenvalue weighted by Crippen LogP contribution is 2.53. The number of hydrogen-bond acceptors (Lipinski definition) is 4. The average Bonchev–Trinajstić information content (AvgIpc) is 3.55. The van der Waals surface area contributed by atoms with Crippen molar-refractivity contribution in [3.05, 3.63) is 96.1 Å². The topological polar surface area (TPSA) is 75.7 Å². The zero-order valence-corrected chi connectivity index (χ0v) is 19.2. The van der Waals surface area contributed by atoms with Crippen molar-refractivity contribution >= 4 is 29.1 Å². The molecule has 2 fully saturated rings. The van der Waals surface area contributed by atoms with Crippen LogP contribution in [0.5, 0.6) is 11.5 Å². The largest absolute Gasteiger partial charge is 0.457 e. The Bertz CT molecular complexity index is 1330. The molecule has 174 valence electrons. The van der Waals surface area contributed by atoms with Crippen molar-refractivity contribution in [3.63, 3.8) is 0 Å². The molecule has 1 saturated carbocycles. The maximum atomic E-state index is 13.1. The number of amides is 3. The Morgan fingerprint density at radius 3 is 2.09 bits per heavy atom. The second kappa shape index (κ2) is 8.24. The summed E-state index contributed by atoms with van der Waals surface area (Å²) in [6.07, 6.45) is 5.03. The van der Waals surface area contributed by atoms with E-state index in [1.165, 1.54) is 4.90 Å². The smallest absolute Gasteiger partial charge is 0.255 e. The number of fused-ring (bicyclic) bond motifs is 5. The Morgan fingerprint density at radius 1 is 0.857 bits per heavy atom. The van der Waals surface area contributed by atoms with E-state index in [9.17, 15) is 14.4 Å². The molecule has 0 aromatic heterocycles. The van der Waals surface area contributed by atoms with Crippen LogP contribution in [0.2, 0.25) is 0 Å². The van der Waals surface area contributed by atoms with Gasteiger partial charge in [-0.1, -0.05) is 35.9 Å². The molecule has 1 N–H and O–H groups in total. The van der Waals surface area contributed by atoms with Crippen molar-refractivity contribution in [2.45, 2.75) is 13.3 Å². The molecule has 6 rings (SSSR count). The molecule has 2 bridgehead atoms. The molecule has 6 nitrogen and oxygen atoms in total. The van der Waals surface area contributed by atoms with Crippen LogP contribution in [0.3, 0.4) is 0 Å². The number of anilines is 2. The summed E-state index contributed by atoms with van der Waals surface area (Å²) in [5.74, 6) is 0.535. The van der Waals surface area contributed by atoms with Gasteiger partial charge in [-0.2, -0.15) is 0 Å². The molecule has 3 aromatic carbocycles. The van der Waals surface area contributed by atoms with Gasteiger partial charge in [-0.15, -0.1) is 0 Å². The summed E-state index contributed by atoms with van der Waals surface area (Å²) >= 11 is 0. The van der Waals surface area contributed by atoms with E-state index in [1.807, 2.05) is 31.2 Å². The summed E-state index contributed by atoms with van der Waals surface area (Å²) in [6.45, 7) is 2.02. The number of carbonyl (C=O) groups is 3. The van der Waals surface area contributed by atoms with Crippen LogP contribution in [-0.4, -0.2) is 17.7 Å². The molecule has 1 aliphatic heterocycles. The maximum absolute atomic E-state index is 13.1. The molecule has 0 radical (unpaired) electrons. The number of imide groups is 1. The molecule has 0 spiro atoms. The van der Waals surface area contributed by atoms with Crippen molar-refractivity contribution < 1.29 is 19.1 Å². The lowest BCUT2D eigenvalue weighted by molar-refractivity contribution is -0.123. The fourth-order valence-electron chi connectivity index (χ4n) is 5.50. The molecule has 1 saturated heterocycles. The lowest BCUT2D eigenvalue weighted by Crippen LogP contribution is -2.33. The Morgan fingerprint density at radius 2 is 1.46 bits per heavy atom. The van der Waals surface area contributed by atoms with Crippen molar-refractivity contribution in [1.29, 1.82) is 0 Å². The molecule has 35 heavy (non-hydrogen) atoms. The Kier molecular flexibility index (Phi) is 5.02. The standard InChI is InChI=1S/C29H24N2O4/c1-17-5-11-23(12-6-17)35-24-13-9-21(10-14-24)30-27(32)20-3-2-4-22(16-20)31-28(33)25-18-7-8-19(15-18)26(25)29(31)34/h2-14,16,18-19,25-26H,15H2,1H3,(H,30,32)/t18-,19-,25-,26-/m0/s1. The van der Waals surface area contributed by atoms with Gasteiger partial charge in [-0.05, 0) is 79.8 Å². The van der Waals surface area contributed by atoms with Gasteiger partial charge in [-0.25, -0.2) is 4.90 Å². The predicted molar refractivity (Wildman–Crippen MR) is 132 cm³/mol. The molecule has 3 amide bonds. The van der Waals surface area contributed by atoms with Crippen LogP contribution >= 0.6 is 0 Å². The van der Waals surface area contributed by atoms with Gasteiger partial charge in [0.05, 0.1) is 17.5 Å². The third-order valence-corrected chi connectivity index (χ3v) is 7.21. The number of allylic oxidation sites excluding steroid dienone is 2. The molecular formula is C29H24N2O4. The van der Waals surface area contributed by atoms with E-state index in [4.69, 9.17) is 4.74 Å². The quantitative estimate of drug-likeness (QED) is 0.408. The number of nitrogens with zero attached hydrogens (tertiary/aromatic N) is 1. The summed E-state index contributed by atoms with van der Waals surface area (Å²) in [5, 5.41) is 2.87. The van der Waals surface area contributed by atoms with Crippen LogP contribution in [0.4, 0.5) is 11.4 Å². The summed E-state index contributed by atoms with van der Waals surface area (Å²) in [4.78, 5) is 40.4. The van der Waals surface area contributed by atoms with E-state index >= 15 is 0 Å². The molecule has 3 aliphatic rings. The monoisotopic (exact) mass is 464 g/mol. The average molecular weight is 465 g/mol. The Labute approximate surface area is 203 Å². The number of nitrogens with one attached hydrogen (secondary N) is 1. The minimum absolute atomic E-state index is 0.149. The molecule has 2 aliphatic carbocycles. The minimum atomic E-state index is -0.319. The normalized spacial score (nSPS) is 24.1. The zero-order chi connectivity index (χ0) is 24.1. The minimum Gasteiger partial charge on any atom is -0.457 e. The summed E-state index contributed by atoms with van der Waals surface area (Å²) < 4.78 is 5.83. The van der Waals surface area contributed by atoms with Gasteiger partial charge >= 0.3 is 0 Å². The third-order valence-electron chi connectivity index (χ3n) is 7.21. The number of aryl methyl sites for hydroxylation is 1. The van der Waals surface area contributed by atoms with Gasteiger partial charge in [0.1, 0.15) is 11.5 Å². The van der Waals surface area contributed by atoms with Gasteiger partial charge < -0.3 is 10.1 Å². The first-order valence-electron chi connectivity index (χ1n) is 11.8. The molecule has 6 heteroatoms. The summed E-state index contributed by atoms with van der Waals surface area (Å²) in [7, 11) is 0. The van der Waals surface area contributed by atoms with Gasteiger partial charge in [0.25, 0.3) is 5.91 Å². The van der Waals surface area contributed by atoms with Crippen molar-refractivity contribution in [3.8, 4) is 11.5 Å². The van der Waals surface area contributed by atoms with E-state index in [0.29, 0.717) is 22.7 Å². The first-order chi connectivity index (χ1) is 17.0. The van der Waals surface area contributed by atoms with Crippen LogP contribution in [-0.2, 0) is 9.59 Å². The van der Waals surface area contributed by atoms with E-state index in [2.05, 4.69) is 17.5 Å². The van der Waals surface area contributed by atoms with Gasteiger partial charge in [0, 0.05) is 11.3 Å². The fourth-order valence-corrected chi connectivity index (χ4v) is 5.50. The number of hydrogen-bond donors (Lipinski definition) is 1. The second-order valence-corrected chi connectivity index (χ2v) is 9.46. The van der Waals surface area contributed by atoms with Crippen LogP contribution in [0.1, 0.15) is 22.3 Å². The second-order valence-electron chi connectivity index (χ2n) is 9.46. The van der Waals surface area contributed by atoms with Crippen molar-refractivity contribution in [2.75, 3.05) is 10.2 Å². The van der Waals surface area contributed by atoms with Crippen LogP contribution in [0.25, 0.3) is 0 Å². The Balaban J connectivity index is 1.15. The highest BCUT2D eigenvalue weighted by atomic mass is 16.5. The summed E-state index contributed by atoms with van der Waals surface area (Å²) in [5.41, 5.74) is 2.59. The van der Waals surface area contributed by atoms with Gasteiger partial charge in [0.2, 0.25) is 11.8 Å². The molecule has 0 unspecified atom stereocenters. The Hall–Kier alpha value is -4.19. The third kappa shape index (κ3) is 3.71. The number of benzene rings is 3. The molecule has 3 aromatic rings. The van der Waals surface area contributed by atoms with Crippen LogP contribution < -0.4 is 15.0 Å². The lowest BCUT2D eigenvalue weighted by Gasteiger charge is -2.18. The number of rotatable bonds is 5. The highest BCUT2D eigenvalue weighted by molar-refractivity contribution is 6.23. The van der Waals surface area contributed by atoms with E-state index < -0.39 is 0 Å². The molecule has 4 atom stereocenters. The molecular weight excluding hydrogens is 440 g/mol. The highest BCUT2D eigenvalue weighted by Gasteiger charge is 2.59. The van der Waals surface area contributed by atoms with E-state index in [0.717, 1.165) is 17.7 Å². The SMILES string of the molecule is Cc1ccc(Oc2ccc(NC(=O)c3cccc(N4C(=O)[C@@H]5[C@@H](C4=O)[C@H]4C=C[C@H]5C4)c3)cc2)cc1. The van der Waals surface area contributed by atoms with Gasteiger partial charge in [-0.3, -0.25) is 14.4 Å². The maximum Gasteiger partial charge on any atom is 0.255 e. The predicted octanol–water partition coefficient (Wildman–Crippen LogP) is 5.35. The van der Waals surface area contributed by atoms with Crippen molar-refractivity contribution in [1.82, 2.24) is 0 Å². The molecule has 1 heterocycles. The van der Waals surface area contributed by atoms with Gasteiger partial charge in [0.15, 0.2) is 0 Å².